The maximum atomic E-state index is 11.0. The number of halogens is 1. The average Bonchev–Trinajstić information content (AvgIpc) is 2.26. The molecule has 0 saturated carbocycles. The second-order valence-electron chi connectivity index (χ2n) is 2.72. The normalized spacial score (nSPS) is 31.9. The van der Waals surface area contributed by atoms with Crippen molar-refractivity contribution in [3.8, 4) is 0 Å². The van der Waals surface area contributed by atoms with Crippen LogP contribution in [0.15, 0.2) is 0 Å². The molecule has 1 aliphatic rings. The summed E-state index contributed by atoms with van der Waals surface area (Å²) in [7, 11) is 1.25. The molecule has 1 heterocycles. The van der Waals surface area contributed by atoms with E-state index in [9.17, 15) is 9.59 Å². The molecule has 6 heteroatoms. The third-order valence-electron chi connectivity index (χ3n) is 1.94. The molecule has 1 saturated heterocycles. The number of esters is 2. The van der Waals surface area contributed by atoms with Gasteiger partial charge in [0.15, 0.2) is 0 Å². The van der Waals surface area contributed by atoms with Crippen molar-refractivity contribution < 1.29 is 19.1 Å². The van der Waals surface area contributed by atoms with Crippen LogP contribution in [-0.2, 0) is 19.1 Å². The Bertz CT molecular complexity index is 221. The fraction of sp³-hybridized carbons (Fsp3) is 0.714. The van der Waals surface area contributed by atoms with Crippen molar-refractivity contribution in [3.63, 3.8) is 0 Å². The Labute approximate surface area is 82.0 Å². The van der Waals surface area contributed by atoms with Gasteiger partial charge in [-0.3, -0.25) is 9.59 Å². The predicted octanol–water partition coefficient (Wildman–Crippen LogP) is -0.530. The largest absolute Gasteiger partial charge is 0.469 e. The van der Waals surface area contributed by atoms with Crippen LogP contribution in [-0.4, -0.2) is 31.2 Å². The third-order valence-corrected chi connectivity index (χ3v) is 1.94. The lowest BCUT2D eigenvalue weighted by Crippen LogP contribution is -2.39. The van der Waals surface area contributed by atoms with Gasteiger partial charge < -0.3 is 15.2 Å². The van der Waals surface area contributed by atoms with Crippen molar-refractivity contribution in [2.45, 2.75) is 19.1 Å². The predicted molar refractivity (Wildman–Crippen MR) is 46.3 cm³/mol. The molecule has 0 aromatic carbocycles. The van der Waals surface area contributed by atoms with E-state index < -0.39 is 30.0 Å². The molecule has 5 nitrogen and oxygen atoms in total. The quantitative estimate of drug-likeness (QED) is 0.588. The topological polar surface area (TPSA) is 78.6 Å². The van der Waals surface area contributed by atoms with Crippen molar-refractivity contribution in [2.75, 3.05) is 7.11 Å². The maximum Gasteiger partial charge on any atom is 0.324 e. The molecule has 0 amide bonds. The van der Waals surface area contributed by atoms with Crippen molar-refractivity contribution in [1.82, 2.24) is 0 Å². The summed E-state index contributed by atoms with van der Waals surface area (Å²) in [4.78, 5) is 21.9. The van der Waals surface area contributed by atoms with Gasteiger partial charge in [0.05, 0.1) is 7.11 Å². The van der Waals surface area contributed by atoms with Crippen LogP contribution >= 0.6 is 12.4 Å². The van der Waals surface area contributed by atoms with Crippen LogP contribution in [0.2, 0.25) is 0 Å². The van der Waals surface area contributed by atoms with Crippen LogP contribution in [0.3, 0.4) is 0 Å². The minimum atomic E-state index is -0.882. The molecule has 0 bridgehead atoms. The molecule has 0 spiro atoms. The first-order valence-electron chi connectivity index (χ1n) is 3.62. The fourth-order valence-corrected chi connectivity index (χ4v) is 1.25. The highest BCUT2D eigenvalue weighted by atomic mass is 35.5. The van der Waals surface area contributed by atoms with E-state index in [0.29, 0.717) is 0 Å². The number of hydrogen-bond donors (Lipinski definition) is 1. The van der Waals surface area contributed by atoms with Crippen LogP contribution in [0.4, 0.5) is 0 Å². The molecule has 0 radical (unpaired) electrons. The van der Waals surface area contributed by atoms with Crippen LogP contribution in [0.5, 0.6) is 0 Å². The number of cyclic esters (lactones) is 1. The second kappa shape index (κ2) is 4.43. The van der Waals surface area contributed by atoms with E-state index in [0.717, 1.165) is 0 Å². The number of rotatable bonds is 1. The zero-order chi connectivity index (χ0) is 9.30. The van der Waals surface area contributed by atoms with Crippen molar-refractivity contribution >= 4 is 24.3 Å². The minimum absolute atomic E-state index is 0. The zero-order valence-electron chi connectivity index (χ0n) is 7.35. The summed E-state index contributed by atoms with van der Waals surface area (Å²) in [5.74, 6) is -1.71. The molecule has 2 N–H and O–H groups in total. The number of ether oxygens (including phenoxy) is 2. The first-order chi connectivity index (χ1) is 5.57. The fourth-order valence-electron chi connectivity index (χ4n) is 1.25. The van der Waals surface area contributed by atoms with Gasteiger partial charge in [0.25, 0.3) is 0 Å². The van der Waals surface area contributed by atoms with Gasteiger partial charge in [-0.15, -0.1) is 12.4 Å². The summed E-state index contributed by atoms with van der Waals surface area (Å²) >= 11 is 0. The van der Waals surface area contributed by atoms with Gasteiger partial charge in [0, 0.05) is 0 Å². The highest BCUT2D eigenvalue weighted by Gasteiger charge is 2.45. The monoisotopic (exact) mass is 209 g/mol. The Morgan fingerprint density at radius 3 is 2.46 bits per heavy atom. The Kier molecular flexibility index (Phi) is 4.16. The Morgan fingerprint density at radius 2 is 2.15 bits per heavy atom. The van der Waals surface area contributed by atoms with Crippen LogP contribution in [0, 0.1) is 5.92 Å². The van der Waals surface area contributed by atoms with E-state index in [4.69, 9.17) is 10.5 Å². The standard InChI is InChI=1S/C7H11NO4.ClH/c1-3-4(6(9)11-2)5(8)7(10)12-3;/h3-5H,8H2,1-2H3;1H/t3-,4-,5+;/m0./s1. The SMILES string of the molecule is COC(=O)[C@H]1[C@H](C)OC(=O)[C@@H]1N.Cl. The minimum Gasteiger partial charge on any atom is -0.469 e. The number of carbonyl (C=O) groups is 2. The molecular formula is C7H12ClNO4. The Hall–Kier alpha value is -0.810. The summed E-state index contributed by atoms with van der Waals surface area (Å²) in [6, 6.07) is -0.882. The average molecular weight is 210 g/mol. The number of nitrogens with two attached hydrogens (primary N) is 1. The molecule has 1 aliphatic heterocycles. The van der Waals surface area contributed by atoms with E-state index in [2.05, 4.69) is 4.74 Å². The lowest BCUT2D eigenvalue weighted by Gasteiger charge is -2.11. The highest BCUT2D eigenvalue weighted by molar-refractivity contribution is 5.87. The van der Waals surface area contributed by atoms with Gasteiger partial charge in [0.2, 0.25) is 0 Å². The molecular weight excluding hydrogens is 198 g/mol. The van der Waals surface area contributed by atoms with Gasteiger partial charge in [-0.1, -0.05) is 0 Å². The zero-order valence-corrected chi connectivity index (χ0v) is 8.17. The highest BCUT2D eigenvalue weighted by Crippen LogP contribution is 2.21. The van der Waals surface area contributed by atoms with Gasteiger partial charge >= 0.3 is 11.9 Å². The summed E-state index contributed by atoms with van der Waals surface area (Å²) in [5.41, 5.74) is 5.41. The summed E-state index contributed by atoms with van der Waals surface area (Å²) in [5, 5.41) is 0. The first-order valence-corrected chi connectivity index (χ1v) is 3.62. The van der Waals surface area contributed by atoms with Crippen molar-refractivity contribution in [2.24, 2.45) is 11.7 Å². The van der Waals surface area contributed by atoms with E-state index in [1.165, 1.54) is 7.11 Å². The van der Waals surface area contributed by atoms with Crippen molar-refractivity contribution in [3.05, 3.63) is 0 Å². The van der Waals surface area contributed by atoms with Gasteiger partial charge in [-0.05, 0) is 6.92 Å². The van der Waals surface area contributed by atoms with Gasteiger partial charge in [0.1, 0.15) is 18.1 Å². The third kappa shape index (κ3) is 2.10. The maximum absolute atomic E-state index is 11.0. The van der Waals surface area contributed by atoms with Gasteiger partial charge in [-0.25, -0.2) is 0 Å². The lowest BCUT2D eigenvalue weighted by atomic mass is 9.99. The molecule has 1 rings (SSSR count). The van der Waals surface area contributed by atoms with E-state index in [1.54, 1.807) is 6.92 Å². The molecule has 76 valence electrons. The summed E-state index contributed by atoms with van der Waals surface area (Å²) in [6.45, 7) is 1.62. The van der Waals surface area contributed by atoms with Crippen LogP contribution in [0.1, 0.15) is 6.92 Å². The smallest absolute Gasteiger partial charge is 0.324 e. The summed E-state index contributed by atoms with van der Waals surface area (Å²) in [6.07, 6.45) is -0.486. The van der Waals surface area contributed by atoms with Gasteiger partial charge in [-0.2, -0.15) is 0 Å². The Balaban J connectivity index is 0.00000144. The molecule has 0 aromatic rings. The van der Waals surface area contributed by atoms with Crippen LogP contribution in [0.25, 0.3) is 0 Å². The Morgan fingerprint density at radius 1 is 1.62 bits per heavy atom. The number of carbonyl (C=O) groups excluding carboxylic acids is 2. The molecule has 0 aliphatic carbocycles. The molecule has 0 aromatic heterocycles. The molecule has 13 heavy (non-hydrogen) atoms. The molecule has 3 atom stereocenters. The van der Waals surface area contributed by atoms with E-state index in [-0.39, 0.29) is 12.4 Å². The molecule has 0 unspecified atom stereocenters. The lowest BCUT2D eigenvalue weighted by molar-refractivity contribution is -0.147. The summed E-state index contributed by atoms with van der Waals surface area (Å²) < 4.78 is 9.22. The number of hydrogen-bond acceptors (Lipinski definition) is 5. The van der Waals surface area contributed by atoms with Crippen LogP contribution < -0.4 is 5.73 Å². The van der Waals surface area contributed by atoms with E-state index >= 15 is 0 Å². The molecule has 1 fully saturated rings. The first kappa shape index (κ1) is 12.2. The number of methoxy groups -OCH3 is 1. The second-order valence-corrected chi connectivity index (χ2v) is 2.72. The van der Waals surface area contributed by atoms with Crippen molar-refractivity contribution in [1.29, 1.82) is 0 Å². The van der Waals surface area contributed by atoms with E-state index in [1.807, 2.05) is 0 Å².